The summed E-state index contributed by atoms with van der Waals surface area (Å²) in [5, 5.41) is 11.7. The van der Waals surface area contributed by atoms with Crippen molar-refractivity contribution in [1.29, 1.82) is 0 Å². The highest BCUT2D eigenvalue weighted by Gasteiger charge is 2.13. The number of oxime groups is 1. The number of para-hydroxylation sites is 1. The molecule has 6 heteroatoms. The number of nitrogens with zero attached hydrogens (tertiary/aromatic N) is 1. The second kappa shape index (κ2) is 5.56. The van der Waals surface area contributed by atoms with Crippen LogP contribution in [0.25, 0.3) is 0 Å². The molecular weight excluding hydrogens is 266 g/mol. The fraction of sp³-hybridized carbons (Fsp3) is 0.0714. The van der Waals surface area contributed by atoms with Crippen LogP contribution in [0.5, 0.6) is 11.5 Å². The van der Waals surface area contributed by atoms with Crippen molar-refractivity contribution in [3.63, 3.8) is 0 Å². The van der Waals surface area contributed by atoms with Gasteiger partial charge in [0.2, 0.25) is 0 Å². The van der Waals surface area contributed by atoms with Crippen LogP contribution in [0.15, 0.2) is 41.6 Å². The van der Waals surface area contributed by atoms with Gasteiger partial charge in [0.15, 0.2) is 17.5 Å². The van der Waals surface area contributed by atoms with Crippen molar-refractivity contribution in [3.8, 4) is 11.5 Å². The molecule has 0 aliphatic heterocycles. The minimum absolute atomic E-state index is 0.116. The van der Waals surface area contributed by atoms with Crippen LogP contribution in [-0.2, 0) is 0 Å². The average Bonchev–Trinajstić information content (AvgIpc) is 2.44. The van der Waals surface area contributed by atoms with Gasteiger partial charge in [0, 0.05) is 6.07 Å². The highest BCUT2D eigenvalue weighted by Crippen LogP contribution is 2.29. The first-order valence-electron chi connectivity index (χ1n) is 5.73. The van der Waals surface area contributed by atoms with Crippen LogP contribution >= 0.6 is 0 Å². The molecule has 0 aliphatic carbocycles. The van der Waals surface area contributed by atoms with Crippen molar-refractivity contribution < 1.29 is 18.7 Å². The number of hydrogen-bond donors (Lipinski definition) is 2. The third-order valence-electron chi connectivity index (χ3n) is 2.71. The number of hydrogen-bond acceptors (Lipinski definition) is 3. The monoisotopic (exact) mass is 278 g/mol. The zero-order chi connectivity index (χ0) is 14.7. The zero-order valence-electron chi connectivity index (χ0n) is 10.6. The Morgan fingerprint density at radius 1 is 1.20 bits per heavy atom. The molecule has 0 aromatic heterocycles. The first kappa shape index (κ1) is 13.8. The molecule has 0 bridgehead atoms. The molecular formula is C14H12F2N2O2. The van der Waals surface area contributed by atoms with E-state index in [1.54, 1.807) is 25.1 Å². The number of ether oxygens (including phenoxy) is 1. The van der Waals surface area contributed by atoms with Gasteiger partial charge in [0.05, 0.1) is 5.56 Å². The van der Waals surface area contributed by atoms with E-state index in [-0.39, 0.29) is 11.6 Å². The molecule has 0 saturated carbocycles. The molecule has 2 aromatic rings. The highest BCUT2D eigenvalue weighted by atomic mass is 19.2. The lowest BCUT2D eigenvalue weighted by Crippen LogP contribution is -2.14. The molecule has 20 heavy (non-hydrogen) atoms. The fourth-order valence-electron chi connectivity index (χ4n) is 1.70. The number of amidine groups is 1. The fourth-order valence-corrected chi connectivity index (χ4v) is 1.70. The minimum atomic E-state index is -1.01. The van der Waals surface area contributed by atoms with E-state index < -0.39 is 11.6 Å². The lowest BCUT2D eigenvalue weighted by atomic mass is 10.1. The minimum Gasteiger partial charge on any atom is -0.456 e. The van der Waals surface area contributed by atoms with Crippen LogP contribution in [0, 0.1) is 18.6 Å². The van der Waals surface area contributed by atoms with Gasteiger partial charge in [-0.15, -0.1) is 0 Å². The summed E-state index contributed by atoms with van der Waals surface area (Å²) in [5.41, 5.74) is 6.62. The van der Waals surface area contributed by atoms with Crippen LogP contribution in [-0.4, -0.2) is 11.0 Å². The van der Waals surface area contributed by atoms with E-state index in [0.29, 0.717) is 16.9 Å². The van der Waals surface area contributed by atoms with Crippen LogP contribution in [0.3, 0.4) is 0 Å². The summed E-state index contributed by atoms with van der Waals surface area (Å²) in [7, 11) is 0. The molecule has 0 aliphatic rings. The summed E-state index contributed by atoms with van der Waals surface area (Å²) in [6.07, 6.45) is 0. The van der Waals surface area contributed by atoms with E-state index in [0.717, 1.165) is 12.1 Å². The number of benzene rings is 2. The van der Waals surface area contributed by atoms with Gasteiger partial charge in [-0.1, -0.05) is 17.3 Å². The molecule has 2 rings (SSSR count). The maximum absolute atomic E-state index is 13.2. The molecule has 0 spiro atoms. The third kappa shape index (κ3) is 2.69. The summed E-state index contributed by atoms with van der Waals surface area (Å²) in [4.78, 5) is 0. The van der Waals surface area contributed by atoms with Crippen molar-refractivity contribution in [3.05, 3.63) is 59.2 Å². The lowest BCUT2D eigenvalue weighted by Gasteiger charge is -2.13. The predicted molar refractivity (Wildman–Crippen MR) is 70.1 cm³/mol. The van der Waals surface area contributed by atoms with Gasteiger partial charge in [0.25, 0.3) is 0 Å². The molecule has 104 valence electrons. The van der Waals surface area contributed by atoms with E-state index in [2.05, 4.69) is 5.16 Å². The van der Waals surface area contributed by atoms with Crippen molar-refractivity contribution in [2.45, 2.75) is 6.92 Å². The Morgan fingerprint density at radius 2 is 1.95 bits per heavy atom. The van der Waals surface area contributed by atoms with Gasteiger partial charge in [0.1, 0.15) is 11.5 Å². The van der Waals surface area contributed by atoms with Gasteiger partial charge in [-0.3, -0.25) is 0 Å². The van der Waals surface area contributed by atoms with E-state index in [9.17, 15) is 8.78 Å². The van der Waals surface area contributed by atoms with E-state index in [1.807, 2.05) is 0 Å². The molecule has 0 radical (unpaired) electrons. The highest BCUT2D eigenvalue weighted by molar-refractivity contribution is 6.00. The number of nitrogens with two attached hydrogens (primary N) is 1. The topological polar surface area (TPSA) is 67.8 Å². The lowest BCUT2D eigenvalue weighted by molar-refractivity contribution is 0.318. The van der Waals surface area contributed by atoms with Crippen LogP contribution in [0.4, 0.5) is 8.78 Å². The predicted octanol–water partition coefficient (Wildman–Crippen LogP) is 3.16. The summed E-state index contributed by atoms with van der Waals surface area (Å²) in [6.45, 7) is 1.75. The summed E-state index contributed by atoms with van der Waals surface area (Å²) < 4.78 is 31.6. The molecule has 0 fully saturated rings. The maximum Gasteiger partial charge on any atom is 0.173 e. The Labute approximate surface area is 114 Å². The molecule has 0 saturated heterocycles. The normalized spacial score (nSPS) is 11.4. The van der Waals surface area contributed by atoms with E-state index in [1.165, 1.54) is 6.07 Å². The zero-order valence-corrected chi connectivity index (χ0v) is 10.6. The first-order chi connectivity index (χ1) is 9.52. The third-order valence-corrected chi connectivity index (χ3v) is 2.71. The van der Waals surface area contributed by atoms with Gasteiger partial charge in [-0.2, -0.15) is 0 Å². The second-order valence-electron chi connectivity index (χ2n) is 4.11. The van der Waals surface area contributed by atoms with Crippen molar-refractivity contribution in [2.75, 3.05) is 0 Å². The second-order valence-corrected chi connectivity index (χ2v) is 4.11. The van der Waals surface area contributed by atoms with E-state index in [4.69, 9.17) is 15.7 Å². The summed E-state index contributed by atoms with van der Waals surface area (Å²) >= 11 is 0. The Hall–Kier alpha value is -2.63. The van der Waals surface area contributed by atoms with Gasteiger partial charge < -0.3 is 15.7 Å². The largest absolute Gasteiger partial charge is 0.456 e. The quantitative estimate of drug-likeness (QED) is 0.392. The molecule has 0 heterocycles. The van der Waals surface area contributed by atoms with Gasteiger partial charge in [-0.25, -0.2) is 8.78 Å². The Kier molecular flexibility index (Phi) is 3.84. The molecule has 3 N–H and O–H groups in total. The standard InChI is InChI=1S/C14H12F2N2O2/c1-8-3-2-4-10(14(17)18-19)13(8)20-9-5-6-11(15)12(16)7-9/h2-7,19H,1H3,(H2,17,18). The number of rotatable bonds is 3. The molecule has 4 nitrogen and oxygen atoms in total. The molecule has 2 aromatic carbocycles. The molecule has 0 amide bonds. The van der Waals surface area contributed by atoms with Crippen LogP contribution < -0.4 is 10.5 Å². The average molecular weight is 278 g/mol. The number of halogens is 2. The van der Waals surface area contributed by atoms with Gasteiger partial charge >= 0.3 is 0 Å². The maximum atomic E-state index is 13.2. The molecule has 0 atom stereocenters. The smallest absolute Gasteiger partial charge is 0.173 e. The van der Waals surface area contributed by atoms with Crippen LogP contribution in [0.1, 0.15) is 11.1 Å². The van der Waals surface area contributed by atoms with Crippen molar-refractivity contribution in [2.24, 2.45) is 10.9 Å². The van der Waals surface area contributed by atoms with Gasteiger partial charge in [-0.05, 0) is 30.7 Å². The van der Waals surface area contributed by atoms with Crippen molar-refractivity contribution in [1.82, 2.24) is 0 Å². The van der Waals surface area contributed by atoms with Crippen LogP contribution in [0.2, 0.25) is 0 Å². The first-order valence-corrected chi connectivity index (χ1v) is 5.73. The Morgan fingerprint density at radius 3 is 2.60 bits per heavy atom. The Balaban J connectivity index is 2.45. The summed E-state index contributed by atoms with van der Waals surface area (Å²) in [5.74, 6) is -1.68. The Bertz CT molecular complexity index is 672. The molecule has 0 unspecified atom stereocenters. The van der Waals surface area contributed by atoms with E-state index >= 15 is 0 Å². The van der Waals surface area contributed by atoms with Crippen molar-refractivity contribution >= 4 is 5.84 Å². The SMILES string of the molecule is Cc1cccc(/C(N)=N/O)c1Oc1ccc(F)c(F)c1. The number of aryl methyl sites for hydroxylation is 1. The summed E-state index contributed by atoms with van der Waals surface area (Å²) in [6, 6.07) is 8.24.